The first-order valence-corrected chi connectivity index (χ1v) is 6.58. The molecule has 102 valence electrons. The van der Waals surface area contributed by atoms with Crippen molar-refractivity contribution in [1.82, 2.24) is 5.32 Å². The molecule has 0 bridgehead atoms. The van der Waals surface area contributed by atoms with Gasteiger partial charge in [-0.3, -0.25) is 9.69 Å². The van der Waals surface area contributed by atoms with Gasteiger partial charge in [-0.25, -0.2) is 4.79 Å². The number of urea groups is 1. The number of nitrogens with zero attached hydrogens (tertiary/aromatic N) is 1. The average Bonchev–Trinajstić information content (AvgIpc) is 2.84. The zero-order chi connectivity index (χ0) is 13.8. The Bertz CT molecular complexity index is 487. The van der Waals surface area contributed by atoms with Crippen molar-refractivity contribution in [1.29, 1.82) is 0 Å². The van der Waals surface area contributed by atoms with Crippen molar-refractivity contribution in [2.45, 2.75) is 20.3 Å². The minimum absolute atomic E-state index is 0.00511. The molecule has 1 fully saturated rings. The van der Waals surface area contributed by atoms with E-state index in [4.69, 9.17) is 0 Å². The van der Waals surface area contributed by atoms with Crippen LogP contribution in [0.2, 0.25) is 0 Å². The second-order valence-electron chi connectivity index (χ2n) is 4.73. The van der Waals surface area contributed by atoms with Crippen molar-refractivity contribution in [2.75, 3.05) is 23.3 Å². The number of anilines is 2. The fraction of sp³-hybridized carbons (Fsp3) is 0.429. The molecule has 0 unspecified atom stereocenters. The van der Waals surface area contributed by atoms with Crippen molar-refractivity contribution >= 4 is 23.3 Å². The molecule has 1 aliphatic heterocycles. The zero-order valence-electron chi connectivity index (χ0n) is 11.3. The van der Waals surface area contributed by atoms with E-state index in [0.717, 1.165) is 17.8 Å². The van der Waals surface area contributed by atoms with Gasteiger partial charge in [0, 0.05) is 30.4 Å². The molecule has 19 heavy (non-hydrogen) atoms. The smallest absolute Gasteiger partial charge is 0.321 e. The van der Waals surface area contributed by atoms with Crippen LogP contribution in [0, 0.1) is 5.92 Å². The molecule has 2 N–H and O–H groups in total. The summed E-state index contributed by atoms with van der Waals surface area (Å²) in [6, 6.07) is 7.27. The van der Waals surface area contributed by atoms with Crippen LogP contribution in [0.5, 0.6) is 0 Å². The molecular weight excluding hydrogens is 242 g/mol. The Morgan fingerprint density at radius 2 is 2.32 bits per heavy atom. The lowest BCUT2D eigenvalue weighted by atomic mass is 10.1. The molecule has 2 rings (SSSR count). The van der Waals surface area contributed by atoms with Gasteiger partial charge in [0.1, 0.15) is 0 Å². The predicted octanol–water partition coefficient (Wildman–Crippen LogP) is 2.20. The topological polar surface area (TPSA) is 61.4 Å². The van der Waals surface area contributed by atoms with Crippen molar-refractivity contribution in [3.63, 3.8) is 0 Å². The number of hydrogen-bond donors (Lipinski definition) is 2. The quantitative estimate of drug-likeness (QED) is 0.872. The third-order valence-corrected chi connectivity index (χ3v) is 3.34. The molecule has 0 spiro atoms. The lowest BCUT2D eigenvalue weighted by Crippen LogP contribution is -2.27. The molecule has 1 aromatic carbocycles. The molecule has 1 aromatic rings. The van der Waals surface area contributed by atoms with Gasteiger partial charge in [-0.05, 0) is 24.6 Å². The van der Waals surface area contributed by atoms with Gasteiger partial charge in [-0.2, -0.15) is 0 Å². The fourth-order valence-corrected chi connectivity index (χ4v) is 1.92. The van der Waals surface area contributed by atoms with E-state index in [2.05, 4.69) is 10.6 Å². The third-order valence-electron chi connectivity index (χ3n) is 3.34. The fourth-order valence-electron chi connectivity index (χ4n) is 1.92. The van der Waals surface area contributed by atoms with Crippen LogP contribution in [0.1, 0.15) is 20.3 Å². The Kier molecular flexibility index (Phi) is 4.04. The lowest BCUT2D eigenvalue weighted by Gasteiger charge is -2.16. The van der Waals surface area contributed by atoms with E-state index in [9.17, 15) is 9.59 Å². The van der Waals surface area contributed by atoms with Crippen LogP contribution in [-0.2, 0) is 4.79 Å². The number of rotatable bonds is 4. The number of benzene rings is 1. The van der Waals surface area contributed by atoms with E-state index >= 15 is 0 Å². The molecule has 3 amide bonds. The van der Waals surface area contributed by atoms with Gasteiger partial charge < -0.3 is 10.6 Å². The average molecular weight is 261 g/mol. The largest absolute Gasteiger partial charge is 0.336 e. The number of carbonyl (C=O) groups is 2. The molecule has 0 aromatic heterocycles. The van der Waals surface area contributed by atoms with Crippen LogP contribution >= 0.6 is 0 Å². The SMILES string of the molecule is CC[C@@H](C)C(=O)Nc1cccc(N2CCNC2=O)c1. The molecule has 1 heterocycles. The molecule has 1 aliphatic rings. The zero-order valence-corrected chi connectivity index (χ0v) is 11.3. The second kappa shape index (κ2) is 5.73. The molecule has 5 nitrogen and oxygen atoms in total. The van der Waals surface area contributed by atoms with Crippen molar-refractivity contribution < 1.29 is 9.59 Å². The van der Waals surface area contributed by atoms with Crippen LogP contribution in [0.15, 0.2) is 24.3 Å². The summed E-state index contributed by atoms with van der Waals surface area (Å²) in [4.78, 5) is 25.1. The van der Waals surface area contributed by atoms with E-state index in [0.29, 0.717) is 13.1 Å². The highest BCUT2D eigenvalue weighted by Crippen LogP contribution is 2.21. The summed E-state index contributed by atoms with van der Waals surface area (Å²) in [6.07, 6.45) is 0.806. The Morgan fingerprint density at radius 1 is 1.53 bits per heavy atom. The van der Waals surface area contributed by atoms with Gasteiger partial charge in [-0.1, -0.05) is 19.9 Å². The van der Waals surface area contributed by atoms with Crippen molar-refractivity contribution in [2.24, 2.45) is 5.92 Å². The summed E-state index contributed by atoms with van der Waals surface area (Å²) in [7, 11) is 0. The first kappa shape index (κ1) is 13.4. The van der Waals surface area contributed by atoms with Gasteiger partial charge in [0.25, 0.3) is 0 Å². The number of amides is 3. The number of hydrogen-bond acceptors (Lipinski definition) is 2. The third kappa shape index (κ3) is 3.05. The lowest BCUT2D eigenvalue weighted by molar-refractivity contribution is -0.119. The van der Waals surface area contributed by atoms with Crippen LogP contribution in [0.25, 0.3) is 0 Å². The number of nitrogens with one attached hydrogen (secondary N) is 2. The van der Waals surface area contributed by atoms with E-state index < -0.39 is 0 Å². The van der Waals surface area contributed by atoms with Gasteiger partial charge in [-0.15, -0.1) is 0 Å². The standard InChI is InChI=1S/C14H19N3O2/c1-3-10(2)13(18)16-11-5-4-6-12(9-11)17-8-7-15-14(17)19/h4-6,9-10H,3,7-8H2,1-2H3,(H,15,19)(H,16,18)/t10-/m1/s1. The molecular formula is C14H19N3O2. The van der Waals surface area contributed by atoms with E-state index in [-0.39, 0.29) is 17.9 Å². The van der Waals surface area contributed by atoms with Crippen molar-refractivity contribution in [3.8, 4) is 0 Å². The predicted molar refractivity (Wildman–Crippen MR) is 75.3 cm³/mol. The van der Waals surface area contributed by atoms with E-state index in [1.807, 2.05) is 38.1 Å². The maximum Gasteiger partial charge on any atom is 0.321 e. The minimum Gasteiger partial charge on any atom is -0.336 e. The van der Waals surface area contributed by atoms with Gasteiger partial charge in [0.05, 0.1) is 0 Å². The molecule has 0 saturated carbocycles. The number of carbonyl (C=O) groups excluding carboxylic acids is 2. The Morgan fingerprint density at radius 3 is 2.95 bits per heavy atom. The highest BCUT2D eigenvalue weighted by molar-refractivity contribution is 5.96. The maximum atomic E-state index is 11.8. The summed E-state index contributed by atoms with van der Waals surface area (Å²) < 4.78 is 0. The molecule has 1 saturated heterocycles. The van der Waals surface area contributed by atoms with Crippen LogP contribution in [0.4, 0.5) is 16.2 Å². The Balaban J connectivity index is 2.11. The second-order valence-corrected chi connectivity index (χ2v) is 4.73. The Hall–Kier alpha value is -2.04. The van der Waals surface area contributed by atoms with Gasteiger partial charge >= 0.3 is 6.03 Å². The summed E-state index contributed by atoms with van der Waals surface area (Å²) in [6.45, 7) is 5.19. The summed E-state index contributed by atoms with van der Waals surface area (Å²) >= 11 is 0. The minimum atomic E-state index is -0.0922. The summed E-state index contributed by atoms with van der Waals surface area (Å²) in [5, 5.41) is 5.63. The monoisotopic (exact) mass is 261 g/mol. The normalized spacial score (nSPS) is 16.1. The van der Waals surface area contributed by atoms with Gasteiger partial charge in [0.2, 0.25) is 5.91 Å². The van der Waals surface area contributed by atoms with E-state index in [1.165, 1.54) is 0 Å². The summed E-state index contributed by atoms with van der Waals surface area (Å²) in [5.41, 5.74) is 1.53. The first-order chi connectivity index (χ1) is 9.11. The van der Waals surface area contributed by atoms with Crippen LogP contribution in [-0.4, -0.2) is 25.0 Å². The summed E-state index contributed by atoms with van der Waals surface area (Å²) in [5.74, 6) is -0.00994. The highest BCUT2D eigenvalue weighted by Gasteiger charge is 2.21. The first-order valence-electron chi connectivity index (χ1n) is 6.58. The van der Waals surface area contributed by atoms with Crippen molar-refractivity contribution in [3.05, 3.63) is 24.3 Å². The molecule has 1 atom stereocenters. The molecule has 0 radical (unpaired) electrons. The van der Waals surface area contributed by atoms with Gasteiger partial charge in [0.15, 0.2) is 0 Å². The van der Waals surface area contributed by atoms with E-state index in [1.54, 1.807) is 4.90 Å². The van der Waals surface area contributed by atoms with Crippen LogP contribution in [0.3, 0.4) is 0 Å². The molecule has 0 aliphatic carbocycles. The highest BCUT2D eigenvalue weighted by atomic mass is 16.2. The maximum absolute atomic E-state index is 11.8. The molecule has 5 heteroatoms. The van der Waals surface area contributed by atoms with Crippen LogP contribution < -0.4 is 15.5 Å². The Labute approximate surface area is 113 Å².